The van der Waals surface area contributed by atoms with Gasteiger partial charge in [-0.25, -0.2) is 0 Å². The molecule has 0 saturated heterocycles. The van der Waals surface area contributed by atoms with Crippen molar-refractivity contribution in [3.63, 3.8) is 0 Å². The van der Waals surface area contributed by atoms with Crippen molar-refractivity contribution in [1.29, 1.82) is 0 Å². The first-order valence-corrected chi connectivity index (χ1v) is 9.03. The predicted molar refractivity (Wildman–Crippen MR) is 86.4 cm³/mol. The number of methoxy groups -OCH3 is 1. The van der Waals surface area contributed by atoms with Gasteiger partial charge in [-0.15, -0.1) is 0 Å². The normalized spacial score (nSPS) is 13.3. The molecule has 0 unspecified atom stereocenters. The van der Waals surface area contributed by atoms with Crippen LogP contribution < -0.4 is 0 Å². The van der Waals surface area contributed by atoms with Crippen molar-refractivity contribution in [3.8, 4) is 0 Å². The van der Waals surface area contributed by atoms with Crippen molar-refractivity contribution in [2.45, 2.75) is 69.4 Å². The lowest BCUT2D eigenvalue weighted by molar-refractivity contribution is -0.361. The van der Waals surface area contributed by atoms with Crippen molar-refractivity contribution in [2.24, 2.45) is 0 Å². The summed E-state index contributed by atoms with van der Waals surface area (Å²) in [5.41, 5.74) is 0. The van der Waals surface area contributed by atoms with Gasteiger partial charge in [-0.3, -0.25) is 0 Å². The molecule has 0 aliphatic carbocycles. The van der Waals surface area contributed by atoms with Crippen LogP contribution in [0.4, 0.5) is 30.7 Å². The molecule has 0 fully saturated rings. The van der Waals surface area contributed by atoms with Crippen molar-refractivity contribution >= 4 is 0 Å². The van der Waals surface area contributed by atoms with Crippen molar-refractivity contribution in [3.05, 3.63) is 0 Å². The zero-order valence-corrected chi connectivity index (χ0v) is 15.6. The van der Waals surface area contributed by atoms with Gasteiger partial charge >= 0.3 is 18.0 Å². The van der Waals surface area contributed by atoms with E-state index in [0.29, 0.717) is 32.7 Å². The highest BCUT2D eigenvalue weighted by atomic mass is 19.4. The molecule has 0 aromatic carbocycles. The quantitative estimate of drug-likeness (QED) is 0.228. The molecule has 0 amide bonds. The molecule has 0 spiro atoms. The van der Waals surface area contributed by atoms with Crippen LogP contribution in [-0.2, 0) is 14.2 Å². The molecule has 0 rings (SSSR count). The second kappa shape index (κ2) is 13.5. The molecular formula is C17H29F7O3. The van der Waals surface area contributed by atoms with Crippen LogP contribution in [0.1, 0.15) is 51.4 Å². The summed E-state index contributed by atoms with van der Waals surface area (Å²) in [6.07, 6.45) is 0.485. The van der Waals surface area contributed by atoms with Gasteiger partial charge in [0.15, 0.2) is 0 Å². The number of rotatable bonds is 17. The third-order valence-corrected chi connectivity index (χ3v) is 3.86. The van der Waals surface area contributed by atoms with Crippen molar-refractivity contribution in [2.75, 3.05) is 40.1 Å². The Morgan fingerprint density at radius 3 is 1.44 bits per heavy atom. The van der Waals surface area contributed by atoms with Crippen LogP contribution in [0.5, 0.6) is 0 Å². The van der Waals surface area contributed by atoms with Crippen LogP contribution in [0.2, 0.25) is 0 Å². The Balaban J connectivity index is 3.53. The van der Waals surface area contributed by atoms with Crippen molar-refractivity contribution in [1.82, 2.24) is 0 Å². The summed E-state index contributed by atoms with van der Waals surface area (Å²) >= 11 is 0. The average molecular weight is 414 g/mol. The second-order valence-electron chi connectivity index (χ2n) is 6.26. The van der Waals surface area contributed by atoms with E-state index in [9.17, 15) is 30.7 Å². The van der Waals surface area contributed by atoms with E-state index in [2.05, 4.69) is 4.74 Å². The summed E-state index contributed by atoms with van der Waals surface area (Å²) in [5.74, 6) is -11.4. The molecule has 0 N–H and O–H groups in total. The van der Waals surface area contributed by atoms with Crippen LogP contribution in [0, 0.1) is 0 Å². The Hall–Kier alpha value is -0.610. The summed E-state index contributed by atoms with van der Waals surface area (Å²) in [4.78, 5) is 0. The molecule has 0 aliphatic heterocycles. The SMILES string of the molecule is COCCOCCCCCCCCCCOCC(F)(F)C(F)(F)C(F)(F)F. The first kappa shape index (κ1) is 26.4. The van der Waals surface area contributed by atoms with E-state index < -0.39 is 24.6 Å². The topological polar surface area (TPSA) is 27.7 Å². The van der Waals surface area contributed by atoms with E-state index in [-0.39, 0.29) is 6.61 Å². The largest absolute Gasteiger partial charge is 0.459 e. The number of halogens is 7. The van der Waals surface area contributed by atoms with Crippen LogP contribution in [-0.4, -0.2) is 58.2 Å². The smallest absolute Gasteiger partial charge is 0.382 e. The highest BCUT2D eigenvalue weighted by Gasteiger charge is 2.72. The summed E-state index contributed by atoms with van der Waals surface area (Å²) in [6, 6.07) is 0. The van der Waals surface area contributed by atoms with Crippen LogP contribution >= 0.6 is 0 Å². The molecule has 10 heteroatoms. The minimum atomic E-state index is -6.31. The van der Waals surface area contributed by atoms with Gasteiger partial charge in [-0.1, -0.05) is 38.5 Å². The molecule has 27 heavy (non-hydrogen) atoms. The minimum absolute atomic E-state index is 0.275. The lowest BCUT2D eigenvalue weighted by Gasteiger charge is -2.27. The fraction of sp³-hybridized carbons (Fsp3) is 1.00. The number of alkyl halides is 7. The molecule has 3 nitrogen and oxygen atoms in total. The minimum Gasteiger partial charge on any atom is -0.382 e. The van der Waals surface area contributed by atoms with Crippen LogP contribution in [0.15, 0.2) is 0 Å². The Kier molecular flexibility index (Phi) is 13.2. The molecule has 0 radical (unpaired) electrons. The summed E-state index contributed by atoms with van der Waals surface area (Å²) < 4.78 is 101. The summed E-state index contributed by atoms with van der Waals surface area (Å²) in [7, 11) is 1.61. The zero-order valence-electron chi connectivity index (χ0n) is 15.6. The van der Waals surface area contributed by atoms with Gasteiger partial charge in [0.1, 0.15) is 6.61 Å². The fourth-order valence-electron chi connectivity index (χ4n) is 2.21. The van der Waals surface area contributed by atoms with E-state index in [0.717, 1.165) is 38.5 Å². The predicted octanol–water partition coefficient (Wildman–Crippen LogP) is 5.62. The van der Waals surface area contributed by atoms with E-state index >= 15 is 0 Å². The lowest BCUT2D eigenvalue weighted by atomic mass is 10.1. The molecule has 0 saturated carbocycles. The van der Waals surface area contributed by atoms with Crippen LogP contribution in [0.3, 0.4) is 0 Å². The number of ether oxygens (including phenoxy) is 3. The monoisotopic (exact) mass is 414 g/mol. The highest BCUT2D eigenvalue weighted by molar-refractivity contribution is 4.90. The van der Waals surface area contributed by atoms with Gasteiger partial charge in [0, 0.05) is 20.3 Å². The zero-order chi connectivity index (χ0) is 20.8. The summed E-state index contributed by atoms with van der Waals surface area (Å²) in [5, 5.41) is 0. The molecule has 0 aliphatic rings. The maximum Gasteiger partial charge on any atom is 0.459 e. The standard InChI is InChI=1S/C17H29F7O3/c1-25-12-13-26-10-8-6-4-2-3-5-7-9-11-27-14-15(18,19)16(20,21)17(22,23)24/h2-14H2,1H3. The molecular weight excluding hydrogens is 385 g/mol. The first-order chi connectivity index (χ1) is 12.6. The van der Waals surface area contributed by atoms with E-state index in [1.807, 2.05) is 0 Å². The molecule has 0 atom stereocenters. The second-order valence-corrected chi connectivity index (χ2v) is 6.26. The Labute approximate surface area is 155 Å². The first-order valence-electron chi connectivity index (χ1n) is 9.03. The average Bonchev–Trinajstić information content (AvgIpc) is 2.57. The number of hydrogen-bond acceptors (Lipinski definition) is 3. The van der Waals surface area contributed by atoms with E-state index in [4.69, 9.17) is 9.47 Å². The molecule has 164 valence electrons. The van der Waals surface area contributed by atoms with Gasteiger partial charge in [0.05, 0.1) is 13.2 Å². The molecule has 0 bridgehead atoms. The third kappa shape index (κ3) is 11.1. The van der Waals surface area contributed by atoms with E-state index in [1.165, 1.54) is 0 Å². The maximum absolute atomic E-state index is 13.0. The molecule has 0 aromatic heterocycles. The van der Waals surface area contributed by atoms with Crippen molar-refractivity contribution < 1.29 is 44.9 Å². The third-order valence-electron chi connectivity index (χ3n) is 3.86. The van der Waals surface area contributed by atoms with Crippen LogP contribution in [0.25, 0.3) is 0 Å². The van der Waals surface area contributed by atoms with Gasteiger partial charge in [-0.05, 0) is 12.8 Å². The lowest BCUT2D eigenvalue weighted by Crippen LogP contribution is -2.54. The van der Waals surface area contributed by atoms with Gasteiger partial charge < -0.3 is 14.2 Å². The molecule has 0 heterocycles. The van der Waals surface area contributed by atoms with E-state index in [1.54, 1.807) is 7.11 Å². The Bertz CT molecular complexity index is 363. The number of unbranched alkanes of at least 4 members (excludes halogenated alkanes) is 7. The van der Waals surface area contributed by atoms with Gasteiger partial charge in [-0.2, -0.15) is 30.7 Å². The Morgan fingerprint density at radius 1 is 0.556 bits per heavy atom. The fourth-order valence-corrected chi connectivity index (χ4v) is 2.21. The summed E-state index contributed by atoms with van der Waals surface area (Å²) in [6.45, 7) is -0.377. The van der Waals surface area contributed by atoms with Gasteiger partial charge in [0.25, 0.3) is 0 Å². The highest BCUT2D eigenvalue weighted by Crippen LogP contribution is 2.46. The molecule has 0 aromatic rings. The number of hydrogen-bond donors (Lipinski definition) is 0. The maximum atomic E-state index is 13.0. The Morgan fingerprint density at radius 2 is 1.00 bits per heavy atom. The van der Waals surface area contributed by atoms with Gasteiger partial charge in [0.2, 0.25) is 0 Å².